The first-order chi connectivity index (χ1) is 11.4. The largest absolute Gasteiger partial charge is 0.329 e. The van der Waals surface area contributed by atoms with Crippen LogP contribution in [-0.4, -0.2) is 47.1 Å². The minimum atomic E-state index is -3.20. The number of sulfone groups is 1. The van der Waals surface area contributed by atoms with Crippen LogP contribution in [-0.2, 0) is 16.9 Å². The van der Waals surface area contributed by atoms with Gasteiger partial charge in [-0.15, -0.1) is 0 Å². The number of rotatable bonds is 2. The number of benzene rings is 1. The highest BCUT2D eigenvalue weighted by molar-refractivity contribution is 7.91. The molecule has 0 bridgehead atoms. The zero-order valence-electron chi connectivity index (χ0n) is 13.1. The van der Waals surface area contributed by atoms with E-state index in [1.54, 1.807) is 53.3 Å². The van der Waals surface area contributed by atoms with Gasteiger partial charge in [-0.05, 0) is 24.3 Å². The second-order valence-electron chi connectivity index (χ2n) is 5.77. The predicted molar refractivity (Wildman–Crippen MR) is 86.8 cm³/mol. The monoisotopic (exact) mass is 344 g/mol. The second-order valence-corrected chi connectivity index (χ2v) is 7.99. The first-order valence-corrected chi connectivity index (χ1v) is 9.22. The van der Waals surface area contributed by atoms with Crippen LogP contribution in [0.15, 0.2) is 36.7 Å². The molecule has 1 amide bonds. The van der Waals surface area contributed by atoms with Crippen LogP contribution in [0.3, 0.4) is 0 Å². The smallest absolute Gasteiger partial charge is 0.254 e. The molecule has 1 fully saturated rings. The van der Waals surface area contributed by atoms with E-state index in [1.165, 1.54) is 0 Å². The molecule has 2 heterocycles. The molecule has 0 spiro atoms. The van der Waals surface area contributed by atoms with Crippen molar-refractivity contribution in [3.63, 3.8) is 0 Å². The van der Waals surface area contributed by atoms with Gasteiger partial charge in [-0.1, -0.05) is 0 Å². The van der Waals surface area contributed by atoms with Gasteiger partial charge in [0.15, 0.2) is 9.84 Å². The second kappa shape index (κ2) is 6.09. The fourth-order valence-electron chi connectivity index (χ4n) is 2.79. The van der Waals surface area contributed by atoms with Crippen molar-refractivity contribution in [3.8, 4) is 6.07 Å². The third kappa shape index (κ3) is 3.16. The van der Waals surface area contributed by atoms with E-state index in [4.69, 9.17) is 5.26 Å². The summed E-state index contributed by atoms with van der Waals surface area (Å²) in [5.74, 6) is -0.407. The molecule has 0 N–H and O–H groups in total. The highest BCUT2D eigenvalue weighted by Gasteiger charge is 2.36. The fourth-order valence-corrected chi connectivity index (χ4v) is 4.29. The molecule has 7 nitrogen and oxygen atoms in total. The molecule has 1 aliphatic heterocycles. The Hall–Kier alpha value is -2.66. The number of aromatic nitrogens is 2. The Labute approximate surface area is 140 Å². The molecule has 0 radical (unpaired) electrons. The topological polar surface area (TPSA) is 96.1 Å². The SMILES string of the molecule is Cn1cc([C@@H]2CS(=O)(=O)CCN2C(=O)c2ccc(C#N)cc2)cn1. The summed E-state index contributed by atoms with van der Waals surface area (Å²) < 4.78 is 25.6. The number of nitrogens with zero attached hydrogens (tertiary/aromatic N) is 4. The summed E-state index contributed by atoms with van der Waals surface area (Å²) in [6.07, 6.45) is 3.31. The van der Waals surface area contributed by atoms with Crippen molar-refractivity contribution in [3.05, 3.63) is 53.3 Å². The standard InChI is InChI=1S/C16H16N4O3S/c1-19-10-14(9-18-19)15-11-24(22,23)7-6-20(15)16(21)13-4-2-12(8-17)3-5-13/h2-5,9-10,15H,6-7,11H2,1H3/t15-/m0/s1. The molecule has 0 unspecified atom stereocenters. The van der Waals surface area contributed by atoms with Gasteiger partial charge in [-0.3, -0.25) is 9.48 Å². The number of hydrogen-bond acceptors (Lipinski definition) is 5. The maximum Gasteiger partial charge on any atom is 0.254 e. The van der Waals surface area contributed by atoms with Crippen LogP contribution in [0.2, 0.25) is 0 Å². The zero-order chi connectivity index (χ0) is 17.3. The van der Waals surface area contributed by atoms with Gasteiger partial charge in [0.05, 0.1) is 35.4 Å². The summed E-state index contributed by atoms with van der Waals surface area (Å²) in [5, 5.41) is 12.9. The van der Waals surface area contributed by atoms with Crippen molar-refractivity contribution in [1.29, 1.82) is 5.26 Å². The summed E-state index contributed by atoms with van der Waals surface area (Å²) in [6.45, 7) is 0.140. The molecule has 0 aliphatic carbocycles. The molecule has 1 aromatic heterocycles. The molecule has 3 rings (SSSR count). The Morgan fingerprint density at radius 2 is 2.04 bits per heavy atom. The van der Waals surface area contributed by atoms with Crippen LogP contribution in [0.25, 0.3) is 0 Å². The van der Waals surface area contributed by atoms with Crippen molar-refractivity contribution in [1.82, 2.24) is 14.7 Å². The maximum atomic E-state index is 12.8. The molecular formula is C16H16N4O3S. The number of amides is 1. The van der Waals surface area contributed by atoms with E-state index >= 15 is 0 Å². The average Bonchev–Trinajstić information content (AvgIpc) is 3.00. The molecule has 1 atom stereocenters. The summed E-state index contributed by atoms with van der Waals surface area (Å²) >= 11 is 0. The van der Waals surface area contributed by atoms with E-state index < -0.39 is 15.9 Å². The number of aryl methyl sites for hydroxylation is 1. The Morgan fingerprint density at radius 3 is 2.62 bits per heavy atom. The van der Waals surface area contributed by atoms with Crippen LogP contribution < -0.4 is 0 Å². The van der Waals surface area contributed by atoms with Gasteiger partial charge in [0, 0.05) is 30.9 Å². The highest BCUT2D eigenvalue weighted by Crippen LogP contribution is 2.28. The minimum absolute atomic E-state index is 0.0498. The summed E-state index contributed by atoms with van der Waals surface area (Å²) in [7, 11) is -1.46. The van der Waals surface area contributed by atoms with E-state index in [-0.39, 0.29) is 24.0 Å². The summed E-state index contributed by atoms with van der Waals surface area (Å²) in [4.78, 5) is 14.4. The van der Waals surface area contributed by atoms with Gasteiger partial charge >= 0.3 is 0 Å². The van der Waals surface area contributed by atoms with Crippen LogP contribution in [0, 0.1) is 11.3 Å². The zero-order valence-corrected chi connectivity index (χ0v) is 13.9. The normalized spacial score (nSPS) is 19.7. The number of hydrogen-bond donors (Lipinski definition) is 0. The average molecular weight is 344 g/mol. The molecular weight excluding hydrogens is 328 g/mol. The first kappa shape index (κ1) is 16.2. The minimum Gasteiger partial charge on any atom is -0.329 e. The van der Waals surface area contributed by atoms with E-state index in [0.717, 1.165) is 0 Å². The van der Waals surface area contributed by atoms with Crippen molar-refractivity contribution < 1.29 is 13.2 Å². The lowest BCUT2D eigenvalue weighted by molar-refractivity contribution is 0.0697. The van der Waals surface area contributed by atoms with Gasteiger partial charge in [-0.2, -0.15) is 10.4 Å². The molecule has 1 saturated heterocycles. The van der Waals surface area contributed by atoms with Crippen LogP contribution in [0.5, 0.6) is 0 Å². The molecule has 2 aromatic rings. The number of carbonyl (C=O) groups is 1. The predicted octanol–water partition coefficient (Wildman–Crippen LogP) is 0.904. The van der Waals surface area contributed by atoms with Crippen LogP contribution in [0.4, 0.5) is 0 Å². The molecule has 24 heavy (non-hydrogen) atoms. The highest BCUT2D eigenvalue weighted by atomic mass is 32.2. The van der Waals surface area contributed by atoms with E-state index in [1.807, 2.05) is 6.07 Å². The summed E-state index contributed by atoms with van der Waals surface area (Å²) in [5.41, 5.74) is 1.60. The van der Waals surface area contributed by atoms with Gasteiger partial charge < -0.3 is 4.90 Å². The third-order valence-corrected chi connectivity index (χ3v) is 5.69. The van der Waals surface area contributed by atoms with Gasteiger partial charge in [0.2, 0.25) is 0 Å². The molecule has 124 valence electrons. The van der Waals surface area contributed by atoms with E-state index in [9.17, 15) is 13.2 Å². The molecule has 1 aromatic carbocycles. The Morgan fingerprint density at radius 1 is 1.33 bits per heavy atom. The lowest BCUT2D eigenvalue weighted by Crippen LogP contribution is -2.46. The third-order valence-electron chi connectivity index (χ3n) is 4.06. The Kier molecular flexibility index (Phi) is 4.11. The van der Waals surface area contributed by atoms with Crippen LogP contribution in [0.1, 0.15) is 27.5 Å². The Bertz CT molecular complexity index is 910. The van der Waals surface area contributed by atoms with Crippen molar-refractivity contribution in [2.75, 3.05) is 18.1 Å². The Balaban J connectivity index is 1.94. The molecule has 0 saturated carbocycles. The van der Waals surface area contributed by atoms with E-state index in [2.05, 4.69) is 5.10 Å². The lowest BCUT2D eigenvalue weighted by atomic mass is 10.1. The van der Waals surface area contributed by atoms with Crippen molar-refractivity contribution in [2.45, 2.75) is 6.04 Å². The van der Waals surface area contributed by atoms with Gasteiger partial charge in [0.25, 0.3) is 5.91 Å². The van der Waals surface area contributed by atoms with E-state index in [0.29, 0.717) is 16.7 Å². The van der Waals surface area contributed by atoms with Gasteiger partial charge in [-0.25, -0.2) is 8.42 Å². The quantitative estimate of drug-likeness (QED) is 0.806. The number of carbonyl (C=O) groups excluding carboxylic acids is 1. The van der Waals surface area contributed by atoms with Gasteiger partial charge in [0.1, 0.15) is 0 Å². The summed E-state index contributed by atoms with van der Waals surface area (Å²) in [6, 6.07) is 7.78. The first-order valence-electron chi connectivity index (χ1n) is 7.40. The van der Waals surface area contributed by atoms with Crippen molar-refractivity contribution >= 4 is 15.7 Å². The maximum absolute atomic E-state index is 12.8. The fraction of sp³-hybridized carbons (Fsp3) is 0.312. The van der Waals surface area contributed by atoms with Crippen LogP contribution >= 0.6 is 0 Å². The lowest BCUT2D eigenvalue weighted by Gasteiger charge is -2.35. The molecule has 1 aliphatic rings. The number of nitriles is 1. The van der Waals surface area contributed by atoms with Crippen molar-refractivity contribution in [2.24, 2.45) is 7.05 Å². The molecule has 8 heteroatoms.